The first kappa shape index (κ1) is 25.9. The van der Waals surface area contributed by atoms with Crippen molar-refractivity contribution in [1.29, 1.82) is 0 Å². The Labute approximate surface area is 212 Å². The second-order valence-corrected chi connectivity index (χ2v) is 12.8. The predicted molar refractivity (Wildman–Crippen MR) is 138 cm³/mol. The van der Waals surface area contributed by atoms with E-state index in [0.29, 0.717) is 17.9 Å². The Morgan fingerprint density at radius 2 is 1.80 bits per heavy atom. The molecule has 2 saturated heterocycles. The first-order chi connectivity index (χ1) is 16.7. The minimum atomic E-state index is -3.22. The first-order valence-electron chi connectivity index (χ1n) is 12.3. The third-order valence-corrected chi connectivity index (χ3v) is 9.53. The van der Waals surface area contributed by atoms with E-state index in [-0.39, 0.29) is 23.3 Å². The van der Waals surface area contributed by atoms with E-state index < -0.39 is 9.84 Å². The SMILES string of the molecule is CCC(=O)N[C@H](CCN1CCC2(CC1)CCN(Cc1ccc(S(C)(=O)=O)cc1)C2=O)c1cccs1. The summed E-state index contributed by atoms with van der Waals surface area (Å²) < 4.78 is 23.4. The van der Waals surface area contributed by atoms with Crippen LogP contribution in [0.2, 0.25) is 0 Å². The quantitative estimate of drug-likeness (QED) is 0.549. The van der Waals surface area contributed by atoms with Gasteiger partial charge in [0, 0.05) is 37.2 Å². The highest BCUT2D eigenvalue weighted by Crippen LogP contribution is 2.42. The van der Waals surface area contributed by atoms with E-state index in [0.717, 1.165) is 57.4 Å². The van der Waals surface area contributed by atoms with Crippen LogP contribution >= 0.6 is 11.3 Å². The summed E-state index contributed by atoms with van der Waals surface area (Å²) in [5.41, 5.74) is 0.682. The van der Waals surface area contributed by atoms with Crippen LogP contribution in [0.3, 0.4) is 0 Å². The summed E-state index contributed by atoms with van der Waals surface area (Å²) in [5.74, 6) is 0.305. The Kier molecular flexibility index (Phi) is 7.98. The molecule has 0 radical (unpaired) electrons. The second-order valence-electron chi connectivity index (χ2n) is 9.79. The number of benzene rings is 1. The fraction of sp³-hybridized carbons (Fsp3) is 0.538. The minimum Gasteiger partial charge on any atom is -0.348 e. The van der Waals surface area contributed by atoms with Gasteiger partial charge >= 0.3 is 0 Å². The van der Waals surface area contributed by atoms with Crippen LogP contribution in [-0.4, -0.2) is 62.5 Å². The van der Waals surface area contributed by atoms with E-state index in [1.54, 1.807) is 35.6 Å². The molecule has 9 heteroatoms. The van der Waals surface area contributed by atoms with Gasteiger partial charge in [-0.15, -0.1) is 11.3 Å². The molecule has 3 heterocycles. The third kappa shape index (κ3) is 6.13. The molecule has 190 valence electrons. The van der Waals surface area contributed by atoms with Gasteiger partial charge in [0.15, 0.2) is 9.84 Å². The molecule has 2 amide bonds. The summed E-state index contributed by atoms with van der Waals surface area (Å²) in [6.07, 6.45) is 5.15. The molecule has 0 unspecified atom stereocenters. The first-order valence-corrected chi connectivity index (χ1v) is 15.1. The van der Waals surface area contributed by atoms with Crippen molar-refractivity contribution >= 4 is 33.0 Å². The molecule has 7 nitrogen and oxygen atoms in total. The highest BCUT2D eigenvalue weighted by Gasteiger charge is 2.47. The van der Waals surface area contributed by atoms with Gasteiger partial charge in [-0.05, 0) is 67.9 Å². The summed E-state index contributed by atoms with van der Waals surface area (Å²) in [4.78, 5) is 31.2. The number of carbonyl (C=O) groups is 2. The van der Waals surface area contributed by atoms with E-state index in [1.165, 1.54) is 11.1 Å². The molecule has 0 aliphatic carbocycles. The molecular weight excluding hydrogens is 482 g/mol. The molecule has 1 aromatic heterocycles. The number of sulfone groups is 1. The van der Waals surface area contributed by atoms with E-state index in [1.807, 2.05) is 23.3 Å². The third-order valence-electron chi connectivity index (χ3n) is 7.42. The average molecular weight is 518 g/mol. The molecule has 2 aromatic rings. The predicted octanol–water partition coefficient (Wildman–Crippen LogP) is 3.62. The lowest BCUT2D eigenvalue weighted by molar-refractivity contribution is -0.139. The van der Waals surface area contributed by atoms with E-state index in [2.05, 4.69) is 16.3 Å². The highest BCUT2D eigenvalue weighted by atomic mass is 32.2. The number of rotatable bonds is 9. The maximum absolute atomic E-state index is 13.4. The van der Waals surface area contributed by atoms with Gasteiger partial charge in [-0.25, -0.2) is 8.42 Å². The van der Waals surface area contributed by atoms with Crippen molar-refractivity contribution in [3.8, 4) is 0 Å². The number of carbonyl (C=O) groups excluding carboxylic acids is 2. The lowest BCUT2D eigenvalue weighted by atomic mass is 9.77. The molecule has 1 N–H and O–H groups in total. The van der Waals surface area contributed by atoms with Crippen LogP contribution in [-0.2, 0) is 26.0 Å². The van der Waals surface area contributed by atoms with Crippen molar-refractivity contribution in [3.05, 3.63) is 52.2 Å². The van der Waals surface area contributed by atoms with Crippen LogP contribution in [0.1, 0.15) is 55.5 Å². The number of likely N-dealkylation sites (tertiary alicyclic amines) is 2. The lowest BCUT2D eigenvalue weighted by Gasteiger charge is -2.38. The maximum Gasteiger partial charge on any atom is 0.229 e. The van der Waals surface area contributed by atoms with Gasteiger partial charge in [0.2, 0.25) is 11.8 Å². The number of hydrogen-bond acceptors (Lipinski definition) is 6. The van der Waals surface area contributed by atoms with Gasteiger partial charge in [0.1, 0.15) is 0 Å². The Morgan fingerprint density at radius 1 is 1.11 bits per heavy atom. The molecule has 35 heavy (non-hydrogen) atoms. The summed E-state index contributed by atoms with van der Waals surface area (Å²) in [7, 11) is -3.22. The standard InChI is InChI=1S/C26H35N3O4S2/c1-3-24(30)27-22(23-5-4-18-34-23)10-14-28-15-11-26(12-16-28)13-17-29(25(26)31)19-20-6-8-21(9-7-20)35(2,32)33/h4-9,18,22H,3,10-17,19H2,1-2H3,(H,27,30)/t22-/m1/s1. The number of nitrogens with one attached hydrogen (secondary N) is 1. The molecule has 2 aliphatic rings. The van der Waals surface area contributed by atoms with E-state index >= 15 is 0 Å². The molecule has 0 bridgehead atoms. The molecular formula is C26H35N3O4S2. The largest absolute Gasteiger partial charge is 0.348 e. The molecule has 1 atom stereocenters. The number of piperidine rings is 1. The van der Waals surface area contributed by atoms with Crippen LogP contribution in [0.4, 0.5) is 0 Å². The average Bonchev–Trinajstić information content (AvgIpc) is 3.48. The minimum absolute atomic E-state index is 0.0380. The van der Waals surface area contributed by atoms with E-state index in [4.69, 9.17) is 0 Å². The Bertz CT molecular complexity index is 1120. The second kappa shape index (κ2) is 10.8. The lowest BCUT2D eigenvalue weighted by Crippen LogP contribution is -2.45. The number of amides is 2. The van der Waals surface area contributed by atoms with Crippen LogP contribution in [0, 0.1) is 5.41 Å². The van der Waals surface area contributed by atoms with Gasteiger partial charge in [0.05, 0.1) is 16.4 Å². The van der Waals surface area contributed by atoms with Crippen LogP contribution < -0.4 is 5.32 Å². The zero-order chi connectivity index (χ0) is 25.1. The van der Waals surface area contributed by atoms with Gasteiger partial charge in [-0.3, -0.25) is 9.59 Å². The van der Waals surface area contributed by atoms with Crippen molar-refractivity contribution in [2.45, 2.75) is 56.5 Å². The van der Waals surface area contributed by atoms with Gasteiger partial charge in [-0.1, -0.05) is 25.1 Å². The Morgan fingerprint density at radius 3 is 2.40 bits per heavy atom. The maximum atomic E-state index is 13.4. The Hall–Kier alpha value is -2.23. The van der Waals surface area contributed by atoms with Gasteiger partial charge in [-0.2, -0.15) is 0 Å². The highest BCUT2D eigenvalue weighted by molar-refractivity contribution is 7.90. The Balaban J connectivity index is 1.30. The molecule has 4 rings (SSSR count). The van der Waals surface area contributed by atoms with Crippen LogP contribution in [0.5, 0.6) is 0 Å². The summed E-state index contributed by atoms with van der Waals surface area (Å²) in [5, 5.41) is 5.20. The normalized spacial score (nSPS) is 19.3. The zero-order valence-corrected chi connectivity index (χ0v) is 22.2. The molecule has 0 saturated carbocycles. The van der Waals surface area contributed by atoms with Gasteiger partial charge in [0.25, 0.3) is 0 Å². The number of nitrogens with zero attached hydrogens (tertiary/aromatic N) is 2. The molecule has 2 aliphatic heterocycles. The number of thiophene rings is 1. The zero-order valence-electron chi connectivity index (χ0n) is 20.5. The molecule has 2 fully saturated rings. The molecule has 1 aromatic carbocycles. The summed E-state index contributed by atoms with van der Waals surface area (Å²) in [6.45, 7) is 5.82. The molecule has 1 spiro atoms. The van der Waals surface area contributed by atoms with E-state index in [9.17, 15) is 18.0 Å². The van der Waals surface area contributed by atoms with Crippen molar-refractivity contribution < 1.29 is 18.0 Å². The topological polar surface area (TPSA) is 86.8 Å². The fourth-order valence-corrected chi connectivity index (χ4v) is 6.60. The van der Waals surface area contributed by atoms with Crippen LogP contribution in [0.25, 0.3) is 0 Å². The van der Waals surface area contributed by atoms with Crippen molar-refractivity contribution in [2.24, 2.45) is 5.41 Å². The van der Waals surface area contributed by atoms with Crippen molar-refractivity contribution in [2.75, 3.05) is 32.4 Å². The smallest absolute Gasteiger partial charge is 0.229 e. The summed E-state index contributed by atoms with van der Waals surface area (Å²) >= 11 is 1.68. The van der Waals surface area contributed by atoms with Crippen LogP contribution in [0.15, 0.2) is 46.7 Å². The van der Waals surface area contributed by atoms with Gasteiger partial charge < -0.3 is 15.1 Å². The number of hydrogen-bond donors (Lipinski definition) is 1. The summed E-state index contributed by atoms with van der Waals surface area (Å²) in [6, 6.07) is 11.0. The van der Waals surface area contributed by atoms with Crippen molar-refractivity contribution in [1.82, 2.24) is 15.1 Å². The fourth-order valence-electron chi connectivity index (χ4n) is 5.16. The monoisotopic (exact) mass is 517 g/mol. The van der Waals surface area contributed by atoms with Crippen molar-refractivity contribution in [3.63, 3.8) is 0 Å².